The highest BCUT2D eigenvalue weighted by molar-refractivity contribution is 5.69. The highest BCUT2D eigenvalue weighted by atomic mass is 16.5. The lowest BCUT2D eigenvalue weighted by Gasteiger charge is -2.07. The van der Waals surface area contributed by atoms with E-state index in [0.717, 1.165) is 19.3 Å². The number of methoxy groups -OCH3 is 1. The molecule has 0 aromatic rings. The van der Waals surface area contributed by atoms with E-state index in [1.165, 1.54) is 7.11 Å². The van der Waals surface area contributed by atoms with Gasteiger partial charge in [0.2, 0.25) is 0 Å². The Kier molecular flexibility index (Phi) is 6.76. The van der Waals surface area contributed by atoms with Crippen LogP contribution in [0.25, 0.3) is 0 Å². The molecule has 1 N–H and O–H groups in total. The second kappa shape index (κ2) is 7.10. The van der Waals surface area contributed by atoms with Crippen molar-refractivity contribution in [3.05, 3.63) is 0 Å². The monoisotopic (exact) mass is 174 g/mol. The third kappa shape index (κ3) is 6.16. The molecule has 0 saturated carbocycles. The SMILES string of the molecule is CCCCCC(O)CC(=O)OC. The molecule has 0 radical (unpaired) electrons. The number of carbonyl (C=O) groups is 1. The summed E-state index contributed by atoms with van der Waals surface area (Å²) in [5, 5.41) is 9.28. The molecular weight excluding hydrogens is 156 g/mol. The minimum atomic E-state index is -0.524. The van der Waals surface area contributed by atoms with Crippen LogP contribution in [0.1, 0.15) is 39.0 Å². The van der Waals surface area contributed by atoms with Crippen LogP contribution in [0.4, 0.5) is 0 Å². The number of hydrogen-bond acceptors (Lipinski definition) is 3. The van der Waals surface area contributed by atoms with Crippen molar-refractivity contribution >= 4 is 5.97 Å². The fourth-order valence-corrected chi connectivity index (χ4v) is 1.01. The van der Waals surface area contributed by atoms with Gasteiger partial charge >= 0.3 is 5.97 Å². The van der Waals surface area contributed by atoms with Crippen molar-refractivity contribution in [1.82, 2.24) is 0 Å². The molecule has 12 heavy (non-hydrogen) atoms. The molecular formula is C9H18O3. The molecule has 0 bridgehead atoms. The number of unbranched alkanes of at least 4 members (excludes halogenated alkanes) is 2. The Morgan fingerprint density at radius 1 is 1.50 bits per heavy atom. The lowest BCUT2D eigenvalue weighted by molar-refractivity contribution is -0.142. The number of ether oxygens (including phenoxy) is 1. The average Bonchev–Trinajstić information content (AvgIpc) is 2.05. The summed E-state index contributed by atoms with van der Waals surface area (Å²) in [6, 6.07) is 0. The summed E-state index contributed by atoms with van der Waals surface area (Å²) >= 11 is 0. The number of rotatable bonds is 6. The third-order valence-corrected chi connectivity index (χ3v) is 1.77. The Hall–Kier alpha value is -0.570. The zero-order valence-electron chi connectivity index (χ0n) is 7.88. The van der Waals surface area contributed by atoms with Crippen molar-refractivity contribution in [3.63, 3.8) is 0 Å². The third-order valence-electron chi connectivity index (χ3n) is 1.77. The summed E-state index contributed by atoms with van der Waals surface area (Å²) in [5.41, 5.74) is 0. The maximum atomic E-state index is 10.7. The average molecular weight is 174 g/mol. The molecule has 0 aromatic carbocycles. The van der Waals surface area contributed by atoms with Gasteiger partial charge in [0.25, 0.3) is 0 Å². The lowest BCUT2D eigenvalue weighted by Crippen LogP contribution is -2.14. The van der Waals surface area contributed by atoms with E-state index in [9.17, 15) is 9.90 Å². The van der Waals surface area contributed by atoms with E-state index >= 15 is 0 Å². The Bertz CT molecular complexity index is 123. The van der Waals surface area contributed by atoms with E-state index < -0.39 is 6.10 Å². The van der Waals surface area contributed by atoms with Gasteiger partial charge < -0.3 is 9.84 Å². The zero-order chi connectivity index (χ0) is 9.40. The Labute approximate surface area is 73.7 Å². The van der Waals surface area contributed by atoms with Crippen LogP contribution in [0.2, 0.25) is 0 Å². The van der Waals surface area contributed by atoms with Gasteiger partial charge in [-0.2, -0.15) is 0 Å². The summed E-state index contributed by atoms with van der Waals surface area (Å²) in [7, 11) is 1.33. The second-order valence-electron chi connectivity index (χ2n) is 2.93. The summed E-state index contributed by atoms with van der Waals surface area (Å²) in [5.74, 6) is -0.334. The van der Waals surface area contributed by atoms with Gasteiger partial charge in [0.1, 0.15) is 0 Å². The fourth-order valence-electron chi connectivity index (χ4n) is 1.01. The number of hydrogen-bond donors (Lipinski definition) is 1. The molecule has 0 aromatic heterocycles. The van der Waals surface area contributed by atoms with Gasteiger partial charge in [0, 0.05) is 0 Å². The van der Waals surface area contributed by atoms with Crippen LogP contribution in [0.5, 0.6) is 0 Å². The smallest absolute Gasteiger partial charge is 0.308 e. The van der Waals surface area contributed by atoms with E-state index in [-0.39, 0.29) is 12.4 Å². The number of aliphatic hydroxyl groups is 1. The largest absolute Gasteiger partial charge is 0.469 e. The van der Waals surface area contributed by atoms with Crippen LogP contribution in [-0.4, -0.2) is 24.3 Å². The Balaban J connectivity index is 3.32. The highest BCUT2D eigenvalue weighted by Gasteiger charge is 2.09. The maximum absolute atomic E-state index is 10.7. The number of aliphatic hydroxyl groups excluding tert-OH is 1. The molecule has 0 aliphatic heterocycles. The van der Waals surface area contributed by atoms with Crippen molar-refractivity contribution in [2.24, 2.45) is 0 Å². The maximum Gasteiger partial charge on any atom is 0.308 e. The summed E-state index contributed by atoms with van der Waals surface area (Å²) < 4.78 is 4.43. The van der Waals surface area contributed by atoms with Crippen molar-refractivity contribution < 1.29 is 14.6 Å². The van der Waals surface area contributed by atoms with E-state index in [2.05, 4.69) is 11.7 Å². The van der Waals surface area contributed by atoms with Gasteiger partial charge in [-0.15, -0.1) is 0 Å². The Morgan fingerprint density at radius 3 is 2.67 bits per heavy atom. The number of esters is 1. The first-order valence-corrected chi connectivity index (χ1v) is 4.45. The summed E-state index contributed by atoms with van der Waals surface area (Å²) in [6.07, 6.45) is 3.52. The molecule has 1 atom stereocenters. The van der Waals surface area contributed by atoms with Gasteiger partial charge in [-0.05, 0) is 6.42 Å². The van der Waals surface area contributed by atoms with Crippen molar-refractivity contribution in [1.29, 1.82) is 0 Å². The van der Waals surface area contributed by atoms with Crippen molar-refractivity contribution in [2.75, 3.05) is 7.11 Å². The minimum absolute atomic E-state index is 0.125. The minimum Gasteiger partial charge on any atom is -0.469 e. The van der Waals surface area contributed by atoms with E-state index in [1.54, 1.807) is 0 Å². The van der Waals surface area contributed by atoms with Crippen LogP contribution in [0.15, 0.2) is 0 Å². The standard InChI is InChI=1S/C9H18O3/c1-3-4-5-6-8(10)7-9(11)12-2/h8,10H,3-7H2,1-2H3. The molecule has 0 heterocycles. The van der Waals surface area contributed by atoms with Gasteiger partial charge in [-0.1, -0.05) is 26.2 Å². The summed E-state index contributed by atoms with van der Waals surface area (Å²) in [4.78, 5) is 10.7. The molecule has 0 saturated heterocycles. The van der Waals surface area contributed by atoms with Gasteiger partial charge in [-0.25, -0.2) is 0 Å². The predicted molar refractivity (Wildman–Crippen MR) is 46.8 cm³/mol. The van der Waals surface area contributed by atoms with Crippen molar-refractivity contribution in [3.8, 4) is 0 Å². The van der Waals surface area contributed by atoms with E-state index in [0.29, 0.717) is 6.42 Å². The number of carbonyl (C=O) groups excluding carboxylic acids is 1. The molecule has 3 nitrogen and oxygen atoms in total. The van der Waals surface area contributed by atoms with E-state index in [4.69, 9.17) is 0 Å². The molecule has 0 aliphatic carbocycles. The fraction of sp³-hybridized carbons (Fsp3) is 0.889. The summed E-state index contributed by atoms with van der Waals surface area (Å²) in [6.45, 7) is 2.10. The van der Waals surface area contributed by atoms with Crippen LogP contribution in [0, 0.1) is 0 Å². The molecule has 0 rings (SSSR count). The molecule has 72 valence electrons. The zero-order valence-corrected chi connectivity index (χ0v) is 7.88. The highest BCUT2D eigenvalue weighted by Crippen LogP contribution is 2.06. The van der Waals surface area contributed by atoms with E-state index in [1.807, 2.05) is 0 Å². The molecule has 0 fully saturated rings. The first kappa shape index (κ1) is 11.4. The van der Waals surface area contributed by atoms with Crippen molar-refractivity contribution in [2.45, 2.75) is 45.1 Å². The van der Waals surface area contributed by atoms with Crippen LogP contribution < -0.4 is 0 Å². The molecule has 3 heteroatoms. The molecule has 0 amide bonds. The normalized spacial score (nSPS) is 12.6. The topological polar surface area (TPSA) is 46.5 Å². The first-order chi connectivity index (χ1) is 5.70. The second-order valence-corrected chi connectivity index (χ2v) is 2.93. The van der Waals surface area contributed by atoms with Gasteiger partial charge in [0.05, 0.1) is 19.6 Å². The lowest BCUT2D eigenvalue weighted by atomic mass is 10.1. The molecule has 0 spiro atoms. The van der Waals surface area contributed by atoms with Crippen LogP contribution in [-0.2, 0) is 9.53 Å². The van der Waals surface area contributed by atoms with Gasteiger partial charge in [0.15, 0.2) is 0 Å². The van der Waals surface area contributed by atoms with Crippen LogP contribution >= 0.6 is 0 Å². The van der Waals surface area contributed by atoms with Crippen LogP contribution in [0.3, 0.4) is 0 Å². The molecule has 1 unspecified atom stereocenters. The quantitative estimate of drug-likeness (QED) is 0.490. The molecule has 0 aliphatic rings. The predicted octanol–water partition coefficient (Wildman–Crippen LogP) is 1.49. The first-order valence-electron chi connectivity index (χ1n) is 4.45. The Morgan fingerprint density at radius 2 is 2.17 bits per heavy atom. The van der Waals surface area contributed by atoms with Gasteiger partial charge in [-0.3, -0.25) is 4.79 Å².